The van der Waals surface area contributed by atoms with Crippen molar-refractivity contribution in [1.29, 1.82) is 0 Å². The Hall–Kier alpha value is -2.89. The fraction of sp³-hybridized carbons (Fsp3) is 0.318. The van der Waals surface area contributed by atoms with E-state index in [0.29, 0.717) is 12.4 Å². The number of hydrogen-bond acceptors (Lipinski definition) is 5. The van der Waals surface area contributed by atoms with E-state index in [1.54, 1.807) is 14.2 Å². The van der Waals surface area contributed by atoms with Crippen molar-refractivity contribution >= 4 is 35.6 Å². The third-order valence-electron chi connectivity index (χ3n) is 5.28. The molecule has 32 heavy (non-hydrogen) atoms. The number of halogens is 2. The summed E-state index contributed by atoms with van der Waals surface area (Å²) in [4.78, 5) is 13.4. The van der Waals surface area contributed by atoms with Gasteiger partial charge in [0.05, 0.1) is 13.7 Å². The molecule has 3 aromatic rings. The van der Waals surface area contributed by atoms with Crippen LogP contribution in [0, 0.1) is 5.82 Å². The van der Waals surface area contributed by atoms with Crippen LogP contribution in [0.15, 0.2) is 53.5 Å². The number of benzene rings is 2. The van der Waals surface area contributed by atoms with Gasteiger partial charge in [-0.1, -0.05) is 0 Å². The van der Waals surface area contributed by atoms with E-state index in [1.165, 1.54) is 12.1 Å². The normalized spacial score (nSPS) is 14.2. The quantitative estimate of drug-likeness (QED) is 0.288. The van der Waals surface area contributed by atoms with Crippen molar-refractivity contribution in [2.24, 2.45) is 4.99 Å². The second kappa shape index (κ2) is 11.1. The molecule has 1 aliphatic heterocycles. The predicted molar refractivity (Wildman–Crippen MR) is 134 cm³/mol. The summed E-state index contributed by atoms with van der Waals surface area (Å²) in [5.74, 6) is 2.78. The number of aliphatic imine (C=N–C) groups is 1. The van der Waals surface area contributed by atoms with Gasteiger partial charge in [-0.3, -0.25) is 10.1 Å². The first kappa shape index (κ1) is 23.8. The molecule has 0 radical (unpaired) electrons. The van der Waals surface area contributed by atoms with Gasteiger partial charge in [-0.05, 0) is 48.5 Å². The molecule has 0 amide bonds. The minimum absolute atomic E-state index is 0. The smallest absolute Gasteiger partial charge is 0.194 e. The number of methoxy groups -OCH3 is 1. The zero-order chi connectivity index (χ0) is 21.6. The first-order valence-electron chi connectivity index (χ1n) is 10.2. The molecule has 2 aromatic carbocycles. The minimum Gasteiger partial charge on any atom is -0.497 e. The van der Waals surface area contributed by atoms with Crippen molar-refractivity contribution in [3.05, 3.63) is 60.2 Å². The third-order valence-corrected chi connectivity index (χ3v) is 5.28. The van der Waals surface area contributed by atoms with Crippen molar-refractivity contribution in [2.75, 3.05) is 45.2 Å². The van der Waals surface area contributed by atoms with Crippen LogP contribution in [-0.2, 0) is 6.54 Å². The van der Waals surface area contributed by atoms with Crippen molar-refractivity contribution < 1.29 is 9.13 Å². The molecule has 1 aliphatic rings. The Labute approximate surface area is 203 Å². The maximum absolute atomic E-state index is 13.2. The Bertz CT molecular complexity index is 1020. The zero-order valence-corrected chi connectivity index (χ0v) is 20.4. The molecule has 0 saturated carbocycles. The number of hydrogen-bond donors (Lipinski definition) is 2. The highest BCUT2D eigenvalue weighted by Crippen LogP contribution is 2.19. The highest BCUT2D eigenvalue weighted by atomic mass is 127. The summed E-state index contributed by atoms with van der Waals surface area (Å²) in [7, 11) is 3.42. The van der Waals surface area contributed by atoms with E-state index in [4.69, 9.17) is 4.74 Å². The second-order valence-corrected chi connectivity index (χ2v) is 7.19. The van der Waals surface area contributed by atoms with Crippen LogP contribution < -0.4 is 15.0 Å². The molecule has 8 nitrogen and oxygen atoms in total. The van der Waals surface area contributed by atoms with Gasteiger partial charge in [0.25, 0.3) is 0 Å². The van der Waals surface area contributed by atoms with Gasteiger partial charge in [0.15, 0.2) is 11.8 Å². The molecule has 0 atom stereocenters. The van der Waals surface area contributed by atoms with Crippen LogP contribution in [0.3, 0.4) is 0 Å². The number of rotatable bonds is 5. The number of piperazine rings is 1. The molecule has 0 aliphatic carbocycles. The summed E-state index contributed by atoms with van der Waals surface area (Å²) in [5, 5.41) is 10.6. The summed E-state index contributed by atoms with van der Waals surface area (Å²) >= 11 is 0. The third kappa shape index (κ3) is 5.67. The molecule has 4 rings (SSSR count). The van der Waals surface area contributed by atoms with E-state index < -0.39 is 0 Å². The summed E-state index contributed by atoms with van der Waals surface area (Å²) in [6.07, 6.45) is 0. The summed E-state index contributed by atoms with van der Waals surface area (Å²) in [6.45, 7) is 3.83. The molecule has 0 unspecified atom stereocenters. The monoisotopic (exact) mass is 551 g/mol. The molecule has 0 spiro atoms. The lowest BCUT2D eigenvalue weighted by molar-refractivity contribution is 0.372. The number of aromatic nitrogens is 3. The van der Waals surface area contributed by atoms with Gasteiger partial charge in [-0.2, -0.15) is 5.10 Å². The van der Waals surface area contributed by atoms with E-state index >= 15 is 0 Å². The first-order chi connectivity index (χ1) is 15.2. The SMILES string of the molecule is CN=C(NCc1nc(-c2ccc(OC)cc2)n[nH]1)N1CCN(c2ccc(F)cc2)CC1.I. The molecule has 10 heteroatoms. The minimum atomic E-state index is -0.213. The fourth-order valence-corrected chi connectivity index (χ4v) is 3.57. The molecule has 170 valence electrons. The molecule has 2 N–H and O–H groups in total. The standard InChI is InChI=1S/C22H26FN7O.HI/c1-24-22(30-13-11-29(12-14-30)18-7-5-17(23)6-8-18)25-15-20-26-21(28-27-20)16-3-9-19(31-2)10-4-16;/h3-10H,11-15H2,1-2H3,(H,24,25)(H,26,27,28);1H. The first-order valence-corrected chi connectivity index (χ1v) is 10.2. The van der Waals surface area contributed by atoms with E-state index in [1.807, 2.05) is 36.4 Å². The molecule has 0 bridgehead atoms. The van der Waals surface area contributed by atoms with Crippen LogP contribution in [0.5, 0.6) is 5.75 Å². The average Bonchev–Trinajstić information content (AvgIpc) is 3.29. The van der Waals surface area contributed by atoms with E-state index in [-0.39, 0.29) is 29.8 Å². The molecule has 1 saturated heterocycles. The van der Waals surface area contributed by atoms with Gasteiger partial charge >= 0.3 is 0 Å². The Morgan fingerprint density at radius 1 is 1.09 bits per heavy atom. The Balaban J connectivity index is 0.00000289. The van der Waals surface area contributed by atoms with Crippen LogP contribution >= 0.6 is 24.0 Å². The van der Waals surface area contributed by atoms with E-state index in [0.717, 1.165) is 55.0 Å². The maximum Gasteiger partial charge on any atom is 0.194 e. The second-order valence-electron chi connectivity index (χ2n) is 7.19. The van der Waals surface area contributed by atoms with Crippen molar-refractivity contribution in [1.82, 2.24) is 25.4 Å². The summed E-state index contributed by atoms with van der Waals surface area (Å²) in [6, 6.07) is 14.3. The average molecular weight is 551 g/mol. The lowest BCUT2D eigenvalue weighted by atomic mass is 10.2. The molecule has 1 fully saturated rings. The zero-order valence-electron chi connectivity index (χ0n) is 18.1. The number of H-pyrrole nitrogens is 1. The van der Waals surface area contributed by atoms with Gasteiger partial charge < -0.3 is 19.9 Å². The lowest BCUT2D eigenvalue weighted by Gasteiger charge is -2.37. The number of aromatic amines is 1. The Kier molecular flexibility index (Phi) is 8.26. The number of guanidine groups is 1. The Morgan fingerprint density at radius 3 is 2.41 bits per heavy atom. The van der Waals surface area contributed by atoms with E-state index in [2.05, 4.69) is 35.3 Å². The number of ether oxygens (including phenoxy) is 1. The largest absolute Gasteiger partial charge is 0.497 e. The molecular formula is C22H27FIN7O. The van der Waals surface area contributed by atoms with E-state index in [9.17, 15) is 4.39 Å². The van der Waals surface area contributed by atoms with Gasteiger partial charge in [-0.15, -0.1) is 24.0 Å². The maximum atomic E-state index is 13.2. The van der Waals surface area contributed by atoms with Crippen LogP contribution in [0.25, 0.3) is 11.4 Å². The predicted octanol–water partition coefficient (Wildman–Crippen LogP) is 3.14. The number of nitrogens with zero attached hydrogens (tertiary/aromatic N) is 5. The van der Waals surface area contributed by atoms with Crippen LogP contribution in [0.2, 0.25) is 0 Å². The highest BCUT2D eigenvalue weighted by Gasteiger charge is 2.20. The van der Waals surface area contributed by atoms with Gasteiger partial charge in [-0.25, -0.2) is 9.37 Å². The van der Waals surface area contributed by atoms with Crippen molar-refractivity contribution in [2.45, 2.75) is 6.54 Å². The summed E-state index contributed by atoms with van der Waals surface area (Å²) in [5.41, 5.74) is 1.96. The van der Waals surface area contributed by atoms with Gasteiger partial charge in [0.2, 0.25) is 0 Å². The van der Waals surface area contributed by atoms with Crippen LogP contribution in [0.4, 0.5) is 10.1 Å². The summed E-state index contributed by atoms with van der Waals surface area (Å²) < 4.78 is 18.3. The number of anilines is 1. The Morgan fingerprint density at radius 2 is 1.78 bits per heavy atom. The van der Waals surface area contributed by atoms with Crippen LogP contribution in [-0.4, -0.2) is 66.4 Å². The lowest BCUT2D eigenvalue weighted by Crippen LogP contribution is -2.52. The molecular weight excluding hydrogens is 524 g/mol. The van der Waals surface area contributed by atoms with Crippen LogP contribution in [0.1, 0.15) is 5.82 Å². The number of nitrogens with one attached hydrogen (secondary N) is 2. The van der Waals surface area contributed by atoms with Gasteiger partial charge in [0, 0.05) is 44.5 Å². The van der Waals surface area contributed by atoms with Gasteiger partial charge in [0.1, 0.15) is 17.4 Å². The molecule has 1 aromatic heterocycles. The topological polar surface area (TPSA) is 81.7 Å². The fourth-order valence-electron chi connectivity index (χ4n) is 3.57. The highest BCUT2D eigenvalue weighted by molar-refractivity contribution is 14.0. The van der Waals surface area contributed by atoms with Crippen molar-refractivity contribution in [3.63, 3.8) is 0 Å². The molecule has 2 heterocycles. The van der Waals surface area contributed by atoms with Crippen molar-refractivity contribution in [3.8, 4) is 17.1 Å².